The highest BCUT2D eigenvalue weighted by molar-refractivity contribution is 5.74. The summed E-state index contributed by atoms with van der Waals surface area (Å²) >= 11 is 0. The average molecular weight is 301 g/mol. The minimum Gasteiger partial charge on any atom is -0.350 e. The van der Waals surface area contributed by atoms with Crippen molar-refractivity contribution in [2.24, 2.45) is 5.92 Å². The molecule has 10 nitrogen and oxygen atoms in total. The van der Waals surface area contributed by atoms with Crippen molar-refractivity contribution in [3.8, 4) is 0 Å². The predicted octanol–water partition coefficient (Wildman–Crippen LogP) is -0.468. The van der Waals surface area contributed by atoms with E-state index >= 15 is 0 Å². The smallest absolute Gasteiger partial charge is 0.276 e. The molecule has 2 aromatic rings. The maximum atomic E-state index is 12.1. The van der Waals surface area contributed by atoms with Gasteiger partial charge in [-0.1, -0.05) is 13.8 Å². The molecule has 1 saturated heterocycles. The van der Waals surface area contributed by atoms with E-state index in [2.05, 4.69) is 44.7 Å². The number of aromatic nitrogens is 5. The summed E-state index contributed by atoms with van der Waals surface area (Å²) in [5.41, 5.74) is 5.38. The Labute approximate surface area is 125 Å². The third-order valence-electron chi connectivity index (χ3n) is 3.63. The minimum atomic E-state index is -0.205. The molecule has 0 atom stereocenters. The molecule has 4 rings (SSSR count). The second-order valence-corrected chi connectivity index (χ2v) is 5.38. The van der Waals surface area contributed by atoms with Gasteiger partial charge in [0.05, 0.1) is 18.6 Å². The highest BCUT2D eigenvalue weighted by atomic mass is 16.1. The third kappa shape index (κ3) is 1.77. The Morgan fingerprint density at radius 3 is 2.95 bits per heavy atom. The summed E-state index contributed by atoms with van der Waals surface area (Å²) in [5, 5.41) is 10.9. The number of allylic oxidation sites excluding steroid dienone is 1. The molecule has 4 heterocycles. The first-order chi connectivity index (χ1) is 10.6. The zero-order valence-electron chi connectivity index (χ0n) is 12.1. The molecular weight excluding hydrogens is 286 g/mol. The Balaban J connectivity index is 1.82. The lowest BCUT2D eigenvalue weighted by Crippen LogP contribution is -2.47. The lowest BCUT2D eigenvalue weighted by atomic mass is 10.1. The molecule has 22 heavy (non-hydrogen) atoms. The van der Waals surface area contributed by atoms with Crippen LogP contribution in [0.2, 0.25) is 0 Å². The van der Waals surface area contributed by atoms with Gasteiger partial charge in [0.15, 0.2) is 5.82 Å². The van der Waals surface area contributed by atoms with Crippen LogP contribution in [0, 0.1) is 5.92 Å². The Morgan fingerprint density at radius 1 is 1.36 bits per heavy atom. The number of hydrogen-bond donors (Lipinski definition) is 3. The molecule has 1 fully saturated rings. The quantitative estimate of drug-likeness (QED) is 0.683. The van der Waals surface area contributed by atoms with Gasteiger partial charge in [-0.05, 0) is 5.92 Å². The molecule has 0 aromatic carbocycles. The molecule has 2 aliphatic heterocycles. The number of rotatable bonds is 2. The molecule has 0 aliphatic carbocycles. The van der Waals surface area contributed by atoms with Crippen LogP contribution in [0.25, 0.3) is 0 Å². The van der Waals surface area contributed by atoms with Crippen molar-refractivity contribution >= 4 is 11.5 Å². The number of hydrogen-bond acceptors (Lipinski definition) is 8. The Kier molecular flexibility index (Phi) is 2.66. The molecular formula is C12H15N9O. The van der Waals surface area contributed by atoms with Crippen molar-refractivity contribution in [3.05, 3.63) is 40.7 Å². The Morgan fingerprint density at radius 2 is 2.23 bits per heavy atom. The topological polar surface area (TPSA) is 107 Å². The van der Waals surface area contributed by atoms with Gasteiger partial charge in [-0.3, -0.25) is 4.79 Å². The lowest BCUT2D eigenvalue weighted by molar-refractivity contribution is 0.507. The monoisotopic (exact) mass is 301 g/mol. The number of H-pyrrole nitrogens is 1. The number of aromatic amines is 1. The predicted molar refractivity (Wildman–Crippen MR) is 79.1 cm³/mol. The molecule has 10 heteroatoms. The van der Waals surface area contributed by atoms with E-state index in [4.69, 9.17) is 0 Å². The van der Waals surface area contributed by atoms with E-state index in [1.54, 1.807) is 21.2 Å². The molecule has 0 unspecified atom stereocenters. The van der Waals surface area contributed by atoms with Crippen LogP contribution < -0.4 is 26.5 Å². The Bertz CT molecular complexity index is 791. The zero-order valence-corrected chi connectivity index (χ0v) is 12.1. The van der Waals surface area contributed by atoms with E-state index in [0.29, 0.717) is 18.1 Å². The van der Waals surface area contributed by atoms with Gasteiger partial charge in [-0.15, -0.1) is 15.4 Å². The molecule has 2 aromatic heterocycles. The number of anilines is 2. The Hall–Kier alpha value is -2.88. The minimum absolute atomic E-state index is 0.205. The van der Waals surface area contributed by atoms with E-state index in [-0.39, 0.29) is 11.5 Å². The van der Waals surface area contributed by atoms with Gasteiger partial charge in [0.1, 0.15) is 18.3 Å². The van der Waals surface area contributed by atoms with Gasteiger partial charge >= 0.3 is 0 Å². The molecule has 2 aliphatic rings. The van der Waals surface area contributed by atoms with Crippen molar-refractivity contribution in [2.75, 3.05) is 22.0 Å². The fraction of sp³-hybridized carbons (Fsp3) is 0.333. The lowest BCUT2D eigenvalue weighted by Gasteiger charge is -2.29. The normalized spacial score (nSPS) is 16.9. The summed E-state index contributed by atoms with van der Waals surface area (Å²) in [7, 11) is 0. The second-order valence-electron chi connectivity index (χ2n) is 5.38. The second kappa shape index (κ2) is 4.56. The van der Waals surface area contributed by atoms with Crippen LogP contribution in [0.5, 0.6) is 0 Å². The van der Waals surface area contributed by atoms with Gasteiger partial charge in [0, 0.05) is 5.70 Å². The van der Waals surface area contributed by atoms with Crippen LogP contribution in [0.3, 0.4) is 0 Å². The summed E-state index contributed by atoms with van der Waals surface area (Å²) < 4.78 is 0. The highest BCUT2D eigenvalue weighted by Gasteiger charge is 2.36. The summed E-state index contributed by atoms with van der Waals surface area (Å²) in [5.74, 6) is 0.758. The first kappa shape index (κ1) is 12.8. The fourth-order valence-corrected chi connectivity index (χ4v) is 2.61. The van der Waals surface area contributed by atoms with Crippen LogP contribution >= 0.6 is 0 Å². The molecule has 0 radical (unpaired) electrons. The van der Waals surface area contributed by atoms with Gasteiger partial charge in [0.25, 0.3) is 5.56 Å². The molecule has 0 spiro atoms. The van der Waals surface area contributed by atoms with Gasteiger partial charge in [-0.25, -0.2) is 20.1 Å². The molecule has 3 N–H and O–H groups in total. The first-order valence-corrected chi connectivity index (χ1v) is 6.91. The summed E-state index contributed by atoms with van der Waals surface area (Å²) in [6.07, 6.45) is 4.45. The zero-order chi connectivity index (χ0) is 15.3. The summed E-state index contributed by atoms with van der Waals surface area (Å²) in [6, 6.07) is 0. The van der Waals surface area contributed by atoms with Crippen LogP contribution in [0.1, 0.15) is 13.8 Å². The average Bonchev–Trinajstić information content (AvgIpc) is 3.15. The SMILES string of the molecule is CC(C)C1=C2CN(n3cncn3)NN2c2nc[nH]c(=O)c2N1. The van der Waals surface area contributed by atoms with Crippen molar-refractivity contribution in [2.45, 2.75) is 13.8 Å². The number of fused-ring (bicyclic) bond motifs is 3. The van der Waals surface area contributed by atoms with E-state index < -0.39 is 0 Å². The van der Waals surface area contributed by atoms with Gasteiger partial charge in [0.2, 0.25) is 0 Å². The van der Waals surface area contributed by atoms with E-state index in [0.717, 1.165) is 11.4 Å². The molecule has 0 saturated carbocycles. The maximum absolute atomic E-state index is 12.1. The molecule has 0 bridgehead atoms. The summed E-state index contributed by atoms with van der Waals surface area (Å²) in [6.45, 7) is 4.71. The highest BCUT2D eigenvalue weighted by Crippen LogP contribution is 2.34. The third-order valence-corrected chi connectivity index (χ3v) is 3.63. The van der Waals surface area contributed by atoms with Crippen molar-refractivity contribution < 1.29 is 0 Å². The van der Waals surface area contributed by atoms with Crippen molar-refractivity contribution in [1.82, 2.24) is 30.4 Å². The molecule has 114 valence electrons. The van der Waals surface area contributed by atoms with Gasteiger partial charge in [-0.2, -0.15) is 0 Å². The van der Waals surface area contributed by atoms with E-state index in [9.17, 15) is 4.79 Å². The standard InChI is InChI=1S/C12H15N9O/c1-7(2)9-8-3-19(20-6-13-4-16-20)18-21(8)11-10(17-9)12(22)15-5-14-11/h4-7,17-18H,3H2,1-2H3,(H,14,15,22). The largest absolute Gasteiger partial charge is 0.350 e. The first-order valence-electron chi connectivity index (χ1n) is 6.91. The fourth-order valence-electron chi connectivity index (χ4n) is 2.61. The number of nitrogens with zero attached hydrogens (tertiary/aromatic N) is 6. The maximum Gasteiger partial charge on any atom is 0.276 e. The van der Waals surface area contributed by atoms with Crippen LogP contribution in [0.15, 0.2) is 35.2 Å². The van der Waals surface area contributed by atoms with E-state index in [1.807, 2.05) is 0 Å². The van der Waals surface area contributed by atoms with Crippen LogP contribution in [0.4, 0.5) is 11.5 Å². The van der Waals surface area contributed by atoms with Crippen molar-refractivity contribution in [3.63, 3.8) is 0 Å². The van der Waals surface area contributed by atoms with E-state index in [1.165, 1.54) is 12.7 Å². The van der Waals surface area contributed by atoms with Crippen molar-refractivity contribution in [1.29, 1.82) is 0 Å². The summed E-state index contributed by atoms with van der Waals surface area (Å²) in [4.78, 5) is 24.5. The van der Waals surface area contributed by atoms with Gasteiger partial charge < -0.3 is 10.3 Å². The number of hydrazine groups is 2. The molecule has 0 amide bonds. The number of nitrogens with one attached hydrogen (secondary N) is 3. The van der Waals surface area contributed by atoms with Crippen LogP contribution in [-0.2, 0) is 0 Å². The van der Waals surface area contributed by atoms with Crippen LogP contribution in [-0.4, -0.2) is 31.4 Å².